The maximum Gasteiger partial charge on any atom is 0.00246 e. The molecule has 124 valence electrons. The van der Waals surface area contributed by atoms with Crippen LogP contribution < -0.4 is 0 Å². The Bertz CT molecular complexity index is 825. The third-order valence-electron chi connectivity index (χ3n) is 6.88. The number of rotatable bonds is 2. The van der Waals surface area contributed by atoms with Gasteiger partial charge >= 0.3 is 0 Å². The number of hydrogen-bond donors (Lipinski definition) is 0. The first kappa shape index (κ1) is 14.8. The molecule has 0 saturated heterocycles. The molecular formula is C24H28. The standard InChI is InChI=1S/C24H28/c1-16(2)10-17-5-7-19-14-23-20(13-21(19)11-17)4-3-9-24(23)15-18-6-8-22(24)12-18/h5-8,11,13-14,16,18,22H,3-4,9-10,12,15H2,1-2H3. The highest BCUT2D eigenvalue weighted by Crippen LogP contribution is 2.58. The first-order valence-corrected chi connectivity index (χ1v) is 9.88. The zero-order chi connectivity index (χ0) is 16.3. The van der Waals surface area contributed by atoms with Crippen molar-refractivity contribution >= 4 is 10.8 Å². The summed E-state index contributed by atoms with van der Waals surface area (Å²) in [6.45, 7) is 4.62. The Morgan fingerprint density at radius 1 is 1.08 bits per heavy atom. The van der Waals surface area contributed by atoms with Crippen molar-refractivity contribution in [1.29, 1.82) is 0 Å². The zero-order valence-corrected chi connectivity index (χ0v) is 15.0. The predicted molar refractivity (Wildman–Crippen MR) is 102 cm³/mol. The monoisotopic (exact) mass is 316 g/mol. The molecular weight excluding hydrogens is 288 g/mol. The van der Waals surface area contributed by atoms with Gasteiger partial charge in [0.15, 0.2) is 0 Å². The predicted octanol–water partition coefficient (Wildman–Crippen LogP) is 6.21. The Labute approximate surface area is 146 Å². The van der Waals surface area contributed by atoms with Gasteiger partial charge in [0.25, 0.3) is 0 Å². The third kappa shape index (κ3) is 2.11. The number of allylic oxidation sites excluding steroid dienone is 2. The molecule has 0 radical (unpaired) electrons. The Kier molecular flexibility index (Phi) is 3.21. The van der Waals surface area contributed by atoms with Gasteiger partial charge in [-0.05, 0) is 83.7 Å². The molecule has 2 aromatic rings. The van der Waals surface area contributed by atoms with Gasteiger partial charge in [0.1, 0.15) is 0 Å². The minimum absolute atomic E-state index is 0.470. The molecule has 0 amide bonds. The molecule has 3 unspecified atom stereocenters. The molecule has 1 saturated carbocycles. The van der Waals surface area contributed by atoms with Crippen LogP contribution in [0.1, 0.15) is 56.2 Å². The van der Waals surface area contributed by atoms with Gasteiger partial charge in [0.2, 0.25) is 0 Å². The first-order chi connectivity index (χ1) is 11.6. The smallest absolute Gasteiger partial charge is 0.00246 e. The van der Waals surface area contributed by atoms with Gasteiger partial charge in [-0.2, -0.15) is 0 Å². The lowest BCUT2D eigenvalue weighted by molar-refractivity contribution is 0.304. The van der Waals surface area contributed by atoms with E-state index in [1.807, 2.05) is 0 Å². The van der Waals surface area contributed by atoms with Crippen molar-refractivity contribution in [3.05, 3.63) is 59.2 Å². The number of hydrogen-bond acceptors (Lipinski definition) is 0. The summed E-state index contributed by atoms with van der Waals surface area (Å²) in [7, 11) is 0. The van der Waals surface area contributed by atoms with Crippen LogP contribution in [-0.2, 0) is 18.3 Å². The van der Waals surface area contributed by atoms with Crippen molar-refractivity contribution in [1.82, 2.24) is 0 Å². The molecule has 1 fully saturated rings. The van der Waals surface area contributed by atoms with Gasteiger partial charge in [-0.1, -0.05) is 56.3 Å². The molecule has 2 aromatic carbocycles. The zero-order valence-electron chi connectivity index (χ0n) is 15.0. The number of fused-ring (bicyclic) bond motifs is 6. The molecule has 3 aliphatic rings. The van der Waals surface area contributed by atoms with Crippen molar-refractivity contribution in [2.75, 3.05) is 0 Å². The SMILES string of the molecule is CC(C)Cc1ccc2cc3c(cc2c1)CCCC31CC2C=CC1C2. The maximum absolute atomic E-state index is 2.57. The first-order valence-electron chi connectivity index (χ1n) is 9.88. The summed E-state index contributed by atoms with van der Waals surface area (Å²) in [5.41, 5.74) is 5.31. The van der Waals surface area contributed by atoms with Crippen LogP contribution in [0.3, 0.4) is 0 Å². The van der Waals surface area contributed by atoms with E-state index in [1.54, 1.807) is 11.1 Å². The summed E-state index contributed by atoms with van der Waals surface area (Å²) in [6, 6.07) is 12.3. The van der Waals surface area contributed by atoms with Gasteiger partial charge in [-0.3, -0.25) is 0 Å². The second kappa shape index (κ2) is 5.22. The van der Waals surface area contributed by atoms with Crippen LogP contribution in [-0.4, -0.2) is 0 Å². The lowest BCUT2D eigenvalue weighted by atomic mass is 9.63. The Morgan fingerprint density at radius 3 is 2.75 bits per heavy atom. The van der Waals surface area contributed by atoms with Crippen LogP contribution in [0.4, 0.5) is 0 Å². The van der Waals surface area contributed by atoms with Gasteiger partial charge in [-0.15, -0.1) is 0 Å². The summed E-state index contributed by atoms with van der Waals surface area (Å²) < 4.78 is 0. The van der Waals surface area contributed by atoms with E-state index >= 15 is 0 Å². The van der Waals surface area contributed by atoms with Gasteiger partial charge in [-0.25, -0.2) is 0 Å². The lowest BCUT2D eigenvalue weighted by Gasteiger charge is -2.41. The summed E-state index contributed by atoms with van der Waals surface area (Å²) in [6.07, 6.45) is 13.1. The van der Waals surface area contributed by atoms with Crippen LogP contribution in [0.15, 0.2) is 42.5 Å². The molecule has 2 bridgehead atoms. The molecule has 0 heterocycles. The van der Waals surface area contributed by atoms with Gasteiger partial charge in [0.05, 0.1) is 0 Å². The highest BCUT2D eigenvalue weighted by atomic mass is 14.5. The molecule has 5 rings (SSSR count). The third-order valence-corrected chi connectivity index (χ3v) is 6.88. The molecule has 0 heteroatoms. The van der Waals surface area contributed by atoms with Crippen LogP contribution in [0.2, 0.25) is 0 Å². The molecule has 3 atom stereocenters. The van der Waals surface area contributed by atoms with Crippen molar-refractivity contribution in [2.24, 2.45) is 17.8 Å². The van der Waals surface area contributed by atoms with E-state index in [1.165, 1.54) is 54.9 Å². The van der Waals surface area contributed by atoms with E-state index in [2.05, 4.69) is 56.3 Å². The lowest BCUT2D eigenvalue weighted by Crippen LogP contribution is -2.35. The second-order valence-corrected chi connectivity index (χ2v) is 8.99. The minimum Gasteiger partial charge on any atom is -0.0851 e. The summed E-state index contributed by atoms with van der Waals surface area (Å²) in [5.74, 6) is 2.38. The van der Waals surface area contributed by atoms with Gasteiger partial charge < -0.3 is 0 Å². The Hall–Kier alpha value is -1.56. The normalized spacial score (nSPS) is 30.6. The van der Waals surface area contributed by atoms with Crippen LogP contribution >= 0.6 is 0 Å². The van der Waals surface area contributed by atoms with Crippen molar-refractivity contribution in [3.63, 3.8) is 0 Å². The largest absolute Gasteiger partial charge is 0.0851 e. The fourth-order valence-electron chi connectivity index (χ4n) is 5.94. The van der Waals surface area contributed by atoms with E-state index in [0.717, 1.165) is 17.8 Å². The Morgan fingerprint density at radius 2 is 2.00 bits per heavy atom. The topological polar surface area (TPSA) is 0 Å². The molecule has 3 aliphatic carbocycles. The van der Waals surface area contributed by atoms with Gasteiger partial charge in [0, 0.05) is 5.41 Å². The van der Waals surface area contributed by atoms with Crippen LogP contribution in [0.25, 0.3) is 10.8 Å². The quantitative estimate of drug-likeness (QED) is 0.578. The number of aryl methyl sites for hydroxylation is 1. The molecule has 0 aliphatic heterocycles. The van der Waals surface area contributed by atoms with E-state index in [0.29, 0.717) is 5.41 Å². The molecule has 1 spiro atoms. The molecule has 0 N–H and O–H groups in total. The van der Waals surface area contributed by atoms with E-state index < -0.39 is 0 Å². The fourth-order valence-corrected chi connectivity index (χ4v) is 5.94. The summed E-state index contributed by atoms with van der Waals surface area (Å²) >= 11 is 0. The van der Waals surface area contributed by atoms with Crippen LogP contribution in [0.5, 0.6) is 0 Å². The highest BCUT2D eigenvalue weighted by molar-refractivity contribution is 5.85. The fraction of sp³-hybridized carbons (Fsp3) is 0.500. The van der Waals surface area contributed by atoms with Crippen LogP contribution in [0, 0.1) is 17.8 Å². The minimum atomic E-state index is 0.470. The van der Waals surface area contributed by atoms with Crippen molar-refractivity contribution < 1.29 is 0 Å². The summed E-state index contributed by atoms with van der Waals surface area (Å²) in [4.78, 5) is 0. The highest BCUT2D eigenvalue weighted by Gasteiger charge is 2.50. The molecule has 24 heavy (non-hydrogen) atoms. The Balaban J connectivity index is 1.63. The average Bonchev–Trinajstić information content (AvgIpc) is 3.14. The van der Waals surface area contributed by atoms with Crippen molar-refractivity contribution in [3.8, 4) is 0 Å². The van der Waals surface area contributed by atoms with E-state index in [4.69, 9.17) is 0 Å². The molecule has 0 aromatic heterocycles. The van der Waals surface area contributed by atoms with E-state index in [9.17, 15) is 0 Å². The number of benzene rings is 2. The molecule has 0 nitrogen and oxygen atoms in total. The van der Waals surface area contributed by atoms with E-state index in [-0.39, 0.29) is 0 Å². The maximum atomic E-state index is 2.57. The van der Waals surface area contributed by atoms with Crippen molar-refractivity contribution in [2.45, 2.75) is 57.8 Å². The second-order valence-electron chi connectivity index (χ2n) is 8.99. The average molecular weight is 316 g/mol. The summed E-state index contributed by atoms with van der Waals surface area (Å²) in [5, 5.41) is 2.91.